The molecule has 0 spiro atoms. The van der Waals surface area contributed by atoms with Crippen LogP contribution in [0.15, 0.2) is 24.4 Å². The number of benzene rings is 1. The molecule has 0 aliphatic carbocycles. The van der Waals surface area contributed by atoms with Gasteiger partial charge in [-0.2, -0.15) is 0 Å². The molecule has 0 bridgehead atoms. The molecule has 2 rings (SSSR count). The molecular formula is C18H26N2O3. The third kappa shape index (κ3) is 3.57. The molecule has 0 aliphatic heterocycles. The molecule has 3 atom stereocenters. The summed E-state index contributed by atoms with van der Waals surface area (Å²) < 4.78 is 10.8. The number of ether oxygens (including phenoxy) is 2. The summed E-state index contributed by atoms with van der Waals surface area (Å²) in [5.41, 5.74) is 9.23. The van der Waals surface area contributed by atoms with Crippen LogP contribution in [0.2, 0.25) is 0 Å². The molecule has 1 aromatic carbocycles. The Kier molecular flexibility index (Phi) is 5.80. The molecule has 3 unspecified atom stereocenters. The number of nitrogens with one attached hydrogen (secondary N) is 1. The van der Waals surface area contributed by atoms with E-state index >= 15 is 0 Å². The fourth-order valence-corrected chi connectivity index (χ4v) is 2.91. The van der Waals surface area contributed by atoms with Gasteiger partial charge in [-0.3, -0.25) is 4.79 Å². The van der Waals surface area contributed by atoms with E-state index in [0.717, 1.165) is 22.0 Å². The van der Waals surface area contributed by atoms with Gasteiger partial charge in [-0.1, -0.05) is 19.1 Å². The Hall–Kier alpha value is -1.85. The Bertz CT molecular complexity index is 665. The molecule has 5 heteroatoms. The minimum Gasteiger partial charge on any atom is -0.465 e. The lowest BCUT2D eigenvalue weighted by atomic mass is 9.90. The van der Waals surface area contributed by atoms with E-state index in [9.17, 15) is 4.79 Å². The smallest absolute Gasteiger partial charge is 0.323 e. The van der Waals surface area contributed by atoms with Gasteiger partial charge < -0.3 is 20.2 Å². The first-order chi connectivity index (χ1) is 11.0. The van der Waals surface area contributed by atoms with Gasteiger partial charge in [-0.15, -0.1) is 0 Å². The van der Waals surface area contributed by atoms with Gasteiger partial charge in [0.1, 0.15) is 6.04 Å². The molecule has 1 aromatic heterocycles. The molecule has 0 radical (unpaired) electrons. The van der Waals surface area contributed by atoms with E-state index in [1.54, 1.807) is 6.92 Å². The van der Waals surface area contributed by atoms with E-state index in [2.05, 4.69) is 11.1 Å². The number of aromatic nitrogens is 1. The maximum Gasteiger partial charge on any atom is 0.323 e. The van der Waals surface area contributed by atoms with Crippen LogP contribution >= 0.6 is 0 Å². The molecule has 126 valence electrons. The summed E-state index contributed by atoms with van der Waals surface area (Å²) in [6.07, 6.45) is 1.90. The summed E-state index contributed by atoms with van der Waals surface area (Å²) in [6.45, 7) is 8.73. The third-order valence-electron chi connectivity index (χ3n) is 4.21. The van der Waals surface area contributed by atoms with E-state index in [1.807, 2.05) is 39.1 Å². The largest absolute Gasteiger partial charge is 0.465 e. The Balaban J connectivity index is 2.43. The second kappa shape index (κ2) is 7.62. The Morgan fingerprint density at radius 1 is 1.22 bits per heavy atom. The first-order valence-electron chi connectivity index (χ1n) is 8.14. The van der Waals surface area contributed by atoms with Gasteiger partial charge in [0.25, 0.3) is 0 Å². The number of H-pyrrole nitrogens is 1. The van der Waals surface area contributed by atoms with Crippen molar-refractivity contribution in [3.8, 4) is 0 Å². The summed E-state index contributed by atoms with van der Waals surface area (Å²) in [6, 6.07) is 5.39. The Labute approximate surface area is 137 Å². The number of carbonyl (C=O) groups is 1. The quantitative estimate of drug-likeness (QED) is 0.768. The summed E-state index contributed by atoms with van der Waals surface area (Å²) >= 11 is 0. The second-order valence-corrected chi connectivity index (χ2v) is 5.68. The monoisotopic (exact) mass is 318 g/mol. The van der Waals surface area contributed by atoms with Crippen molar-refractivity contribution in [2.24, 2.45) is 5.73 Å². The highest BCUT2D eigenvalue weighted by Gasteiger charge is 2.27. The number of fused-ring (bicyclic) bond motifs is 1. The van der Waals surface area contributed by atoms with E-state index < -0.39 is 6.04 Å². The minimum absolute atomic E-state index is 0.0238. The number of hydrogen-bond acceptors (Lipinski definition) is 4. The zero-order valence-corrected chi connectivity index (χ0v) is 14.3. The fraction of sp³-hybridized carbons (Fsp3) is 0.500. The predicted molar refractivity (Wildman–Crippen MR) is 91.4 cm³/mol. The van der Waals surface area contributed by atoms with Gasteiger partial charge in [-0.05, 0) is 38.0 Å². The lowest BCUT2D eigenvalue weighted by Gasteiger charge is -2.20. The molecule has 3 N–H and O–H groups in total. The standard InChI is InChI=1S/C18H26N2O3/c1-5-22-12(4)13-8-7-9-15-16(13)14(10-20-15)11(3)17(19)18(21)23-6-2/h7-12,17,20H,5-6,19H2,1-4H3. The molecule has 0 saturated heterocycles. The molecule has 23 heavy (non-hydrogen) atoms. The molecule has 0 fully saturated rings. The molecule has 0 amide bonds. The lowest BCUT2D eigenvalue weighted by molar-refractivity contribution is -0.145. The third-order valence-corrected chi connectivity index (χ3v) is 4.21. The van der Waals surface area contributed by atoms with Gasteiger partial charge >= 0.3 is 5.97 Å². The van der Waals surface area contributed by atoms with Gasteiger partial charge in [0.05, 0.1) is 12.7 Å². The Morgan fingerprint density at radius 3 is 2.61 bits per heavy atom. The van der Waals surface area contributed by atoms with Crippen LogP contribution in [0, 0.1) is 0 Å². The molecule has 1 heterocycles. The van der Waals surface area contributed by atoms with Crippen molar-refractivity contribution < 1.29 is 14.3 Å². The maximum atomic E-state index is 12.0. The van der Waals surface area contributed by atoms with Crippen molar-refractivity contribution in [2.75, 3.05) is 13.2 Å². The fourth-order valence-electron chi connectivity index (χ4n) is 2.91. The first-order valence-corrected chi connectivity index (χ1v) is 8.14. The van der Waals surface area contributed by atoms with Crippen molar-refractivity contribution >= 4 is 16.9 Å². The molecule has 5 nitrogen and oxygen atoms in total. The zero-order valence-electron chi connectivity index (χ0n) is 14.3. The van der Waals surface area contributed by atoms with Crippen molar-refractivity contribution in [3.63, 3.8) is 0 Å². The first kappa shape index (κ1) is 17.5. The number of hydrogen-bond donors (Lipinski definition) is 2. The number of rotatable bonds is 7. The van der Waals surface area contributed by atoms with Crippen LogP contribution < -0.4 is 5.73 Å². The maximum absolute atomic E-state index is 12.0. The van der Waals surface area contributed by atoms with Crippen LogP contribution in [0.25, 0.3) is 10.9 Å². The summed E-state index contributed by atoms with van der Waals surface area (Å²) in [7, 11) is 0. The van der Waals surface area contributed by atoms with E-state index in [4.69, 9.17) is 15.2 Å². The molecule has 0 aliphatic rings. The van der Waals surface area contributed by atoms with E-state index in [-0.39, 0.29) is 18.0 Å². The number of esters is 1. The van der Waals surface area contributed by atoms with Crippen molar-refractivity contribution in [2.45, 2.75) is 45.8 Å². The highest BCUT2D eigenvalue weighted by molar-refractivity contribution is 5.88. The van der Waals surface area contributed by atoms with E-state index in [1.165, 1.54) is 0 Å². The number of nitrogens with two attached hydrogens (primary N) is 1. The van der Waals surface area contributed by atoms with E-state index in [0.29, 0.717) is 13.2 Å². The summed E-state index contributed by atoms with van der Waals surface area (Å²) in [5, 5.41) is 1.08. The van der Waals surface area contributed by atoms with Crippen LogP contribution in [0.3, 0.4) is 0 Å². The van der Waals surface area contributed by atoms with Gasteiger partial charge in [0.2, 0.25) is 0 Å². The number of carbonyl (C=O) groups excluding carboxylic acids is 1. The minimum atomic E-state index is -0.690. The lowest BCUT2D eigenvalue weighted by Crippen LogP contribution is -2.37. The van der Waals surface area contributed by atoms with Crippen LogP contribution in [0.4, 0.5) is 0 Å². The highest BCUT2D eigenvalue weighted by Crippen LogP contribution is 2.34. The van der Waals surface area contributed by atoms with Crippen LogP contribution in [-0.2, 0) is 14.3 Å². The zero-order chi connectivity index (χ0) is 17.0. The molecular weight excluding hydrogens is 292 g/mol. The summed E-state index contributed by atoms with van der Waals surface area (Å²) in [4.78, 5) is 15.2. The molecule has 2 aromatic rings. The van der Waals surface area contributed by atoms with Gasteiger partial charge in [0, 0.05) is 29.6 Å². The van der Waals surface area contributed by atoms with Crippen molar-refractivity contribution in [1.29, 1.82) is 0 Å². The topological polar surface area (TPSA) is 77.3 Å². The predicted octanol–water partition coefficient (Wildman–Crippen LogP) is 3.26. The normalized spacial score (nSPS) is 15.3. The highest BCUT2D eigenvalue weighted by atomic mass is 16.5. The van der Waals surface area contributed by atoms with Crippen LogP contribution in [0.5, 0.6) is 0 Å². The second-order valence-electron chi connectivity index (χ2n) is 5.68. The van der Waals surface area contributed by atoms with Gasteiger partial charge in [0.15, 0.2) is 0 Å². The summed E-state index contributed by atoms with van der Waals surface area (Å²) in [5.74, 6) is -0.525. The van der Waals surface area contributed by atoms with Crippen LogP contribution in [-0.4, -0.2) is 30.2 Å². The Morgan fingerprint density at radius 2 is 1.96 bits per heavy atom. The number of aromatic amines is 1. The van der Waals surface area contributed by atoms with Gasteiger partial charge in [-0.25, -0.2) is 0 Å². The molecule has 0 saturated carbocycles. The average Bonchev–Trinajstić information content (AvgIpc) is 2.97. The average molecular weight is 318 g/mol. The van der Waals surface area contributed by atoms with Crippen LogP contribution in [0.1, 0.15) is 50.8 Å². The van der Waals surface area contributed by atoms with Crippen molar-refractivity contribution in [3.05, 3.63) is 35.5 Å². The van der Waals surface area contributed by atoms with Crippen molar-refractivity contribution in [1.82, 2.24) is 4.98 Å². The SMILES string of the molecule is CCOC(=O)C(N)C(C)c1c[nH]c2cccc(C(C)OCC)c12.